The lowest BCUT2D eigenvalue weighted by molar-refractivity contribution is -0.123. The number of hydrogen-bond donors (Lipinski definition) is 3. The molecular formula is C13H24N6O4. The van der Waals surface area contributed by atoms with Gasteiger partial charge in [0.15, 0.2) is 0 Å². The van der Waals surface area contributed by atoms with E-state index in [1.807, 2.05) is 0 Å². The predicted octanol–water partition coefficient (Wildman–Crippen LogP) is 0.832. The van der Waals surface area contributed by atoms with Crippen LogP contribution in [0.4, 0.5) is 4.79 Å². The largest absolute Gasteiger partial charge is 0.444 e. The van der Waals surface area contributed by atoms with Crippen molar-refractivity contribution in [3.05, 3.63) is 10.4 Å². The smallest absolute Gasteiger partial charge is 0.407 e. The Hall–Kier alpha value is -2.48. The van der Waals surface area contributed by atoms with Gasteiger partial charge in [-0.2, -0.15) is 0 Å². The minimum Gasteiger partial charge on any atom is -0.444 e. The quantitative estimate of drug-likeness (QED) is 0.262. The number of carbonyl (C=O) groups is 3. The summed E-state index contributed by atoms with van der Waals surface area (Å²) >= 11 is 0. The minimum absolute atomic E-state index is 0.0732. The summed E-state index contributed by atoms with van der Waals surface area (Å²) < 4.78 is 5.03. The number of carbonyl (C=O) groups excluding carboxylic acids is 3. The second kappa shape index (κ2) is 10.3. The first kappa shape index (κ1) is 20.5. The summed E-state index contributed by atoms with van der Waals surface area (Å²) in [4.78, 5) is 37.0. The average Bonchev–Trinajstić information content (AvgIpc) is 2.45. The highest BCUT2D eigenvalue weighted by Gasteiger charge is 2.18. The van der Waals surface area contributed by atoms with Gasteiger partial charge in [0.1, 0.15) is 11.6 Å². The van der Waals surface area contributed by atoms with Crippen molar-refractivity contribution in [1.29, 1.82) is 0 Å². The van der Waals surface area contributed by atoms with E-state index in [0.717, 1.165) is 0 Å². The van der Waals surface area contributed by atoms with Crippen molar-refractivity contribution in [2.75, 3.05) is 20.1 Å². The van der Waals surface area contributed by atoms with E-state index < -0.39 is 23.6 Å². The molecule has 0 bridgehead atoms. The van der Waals surface area contributed by atoms with Gasteiger partial charge < -0.3 is 20.7 Å². The SMILES string of the molecule is CNC(=O)CCC(N=[N+]=[N-])C(=O)NCCNC(=O)OC(C)(C)C. The Morgan fingerprint density at radius 3 is 2.35 bits per heavy atom. The Balaban J connectivity index is 4.15. The molecule has 3 N–H and O–H groups in total. The lowest BCUT2D eigenvalue weighted by Crippen LogP contribution is -2.40. The van der Waals surface area contributed by atoms with Gasteiger partial charge >= 0.3 is 6.09 Å². The van der Waals surface area contributed by atoms with E-state index in [9.17, 15) is 14.4 Å². The Kier molecular flexibility index (Phi) is 9.17. The summed E-state index contributed by atoms with van der Waals surface area (Å²) in [7, 11) is 1.48. The van der Waals surface area contributed by atoms with Gasteiger partial charge in [-0.25, -0.2) is 4.79 Å². The van der Waals surface area contributed by atoms with Crippen LogP contribution in [0.25, 0.3) is 10.4 Å². The van der Waals surface area contributed by atoms with Crippen LogP contribution < -0.4 is 16.0 Å². The highest BCUT2D eigenvalue weighted by Crippen LogP contribution is 2.06. The number of ether oxygens (including phenoxy) is 1. The summed E-state index contributed by atoms with van der Waals surface area (Å²) in [6, 6.07) is -0.973. The number of rotatable bonds is 8. The molecule has 1 unspecified atom stereocenters. The van der Waals surface area contributed by atoms with Crippen molar-refractivity contribution in [1.82, 2.24) is 16.0 Å². The van der Waals surface area contributed by atoms with Crippen molar-refractivity contribution >= 4 is 17.9 Å². The zero-order valence-electron chi connectivity index (χ0n) is 13.9. The van der Waals surface area contributed by atoms with E-state index in [1.165, 1.54) is 7.05 Å². The van der Waals surface area contributed by atoms with Crippen molar-refractivity contribution in [2.45, 2.75) is 45.3 Å². The molecule has 0 spiro atoms. The summed E-state index contributed by atoms with van der Waals surface area (Å²) in [5.74, 6) is -0.750. The van der Waals surface area contributed by atoms with Crippen molar-refractivity contribution in [2.24, 2.45) is 5.11 Å². The third-order valence-electron chi connectivity index (χ3n) is 2.51. The average molecular weight is 328 g/mol. The van der Waals surface area contributed by atoms with Crippen LogP contribution in [0.2, 0.25) is 0 Å². The molecule has 0 aromatic heterocycles. The molecule has 0 rings (SSSR count). The van der Waals surface area contributed by atoms with Gasteiger partial charge in [-0.3, -0.25) is 9.59 Å². The Labute approximate surface area is 134 Å². The van der Waals surface area contributed by atoms with Crippen molar-refractivity contribution in [3.63, 3.8) is 0 Å². The second-order valence-electron chi connectivity index (χ2n) is 5.65. The summed E-state index contributed by atoms with van der Waals surface area (Å²) in [5.41, 5.74) is 7.87. The van der Waals surface area contributed by atoms with Crippen LogP contribution in [0, 0.1) is 0 Å². The summed E-state index contributed by atoms with van der Waals surface area (Å²) in [6.07, 6.45) is -0.406. The number of nitrogens with one attached hydrogen (secondary N) is 3. The van der Waals surface area contributed by atoms with Crippen LogP contribution in [-0.4, -0.2) is 49.7 Å². The number of hydrogen-bond acceptors (Lipinski definition) is 5. The van der Waals surface area contributed by atoms with Gasteiger partial charge in [0.25, 0.3) is 0 Å². The molecular weight excluding hydrogens is 304 g/mol. The Morgan fingerprint density at radius 1 is 1.22 bits per heavy atom. The molecule has 10 heteroatoms. The predicted molar refractivity (Wildman–Crippen MR) is 83.5 cm³/mol. The molecule has 0 saturated heterocycles. The summed E-state index contributed by atoms with van der Waals surface area (Å²) in [5, 5.41) is 10.8. The van der Waals surface area contributed by atoms with Gasteiger partial charge in [0.05, 0.1) is 0 Å². The van der Waals surface area contributed by atoms with E-state index in [-0.39, 0.29) is 31.8 Å². The van der Waals surface area contributed by atoms with Gasteiger partial charge in [0.2, 0.25) is 11.8 Å². The molecule has 0 aliphatic carbocycles. The monoisotopic (exact) mass is 328 g/mol. The lowest BCUT2D eigenvalue weighted by atomic mass is 10.1. The molecule has 0 radical (unpaired) electrons. The third-order valence-corrected chi connectivity index (χ3v) is 2.51. The fourth-order valence-corrected chi connectivity index (χ4v) is 1.48. The van der Waals surface area contributed by atoms with Crippen LogP contribution in [0.1, 0.15) is 33.6 Å². The van der Waals surface area contributed by atoms with Gasteiger partial charge in [-0.05, 0) is 32.7 Å². The third kappa shape index (κ3) is 10.8. The van der Waals surface area contributed by atoms with Crippen molar-refractivity contribution in [3.8, 4) is 0 Å². The fourth-order valence-electron chi connectivity index (χ4n) is 1.48. The van der Waals surface area contributed by atoms with Crippen LogP contribution in [0.3, 0.4) is 0 Å². The molecule has 0 fully saturated rings. The van der Waals surface area contributed by atoms with Crippen LogP contribution in [0.15, 0.2) is 5.11 Å². The van der Waals surface area contributed by atoms with Crippen LogP contribution in [0.5, 0.6) is 0 Å². The minimum atomic E-state index is -0.973. The number of nitrogens with zero attached hydrogens (tertiary/aromatic N) is 3. The molecule has 0 heterocycles. The topological polar surface area (TPSA) is 145 Å². The molecule has 23 heavy (non-hydrogen) atoms. The standard InChI is InChI=1S/C13H24N6O4/c1-13(2,3)23-12(22)17-8-7-16-11(21)9(18-19-14)5-6-10(20)15-4/h9H,5-8H2,1-4H3,(H,15,20)(H,16,21)(H,17,22). The first-order valence-electron chi connectivity index (χ1n) is 7.19. The highest BCUT2D eigenvalue weighted by atomic mass is 16.6. The Bertz CT molecular complexity index is 468. The van der Waals surface area contributed by atoms with E-state index in [4.69, 9.17) is 10.3 Å². The number of alkyl carbamates (subject to hydrolysis) is 1. The van der Waals surface area contributed by atoms with E-state index >= 15 is 0 Å². The molecule has 3 amide bonds. The van der Waals surface area contributed by atoms with E-state index in [0.29, 0.717) is 0 Å². The number of azide groups is 1. The zero-order chi connectivity index (χ0) is 17.9. The fraction of sp³-hybridized carbons (Fsp3) is 0.769. The van der Waals surface area contributed by atoms with E-state index in [2.05, 4.69) is 26.0 Å². The molecule has 130 valence electrons. The first-order valence-corrected chi connectivity index (χ1v) is 7.19. The molecule has 1 atom stereocenters. The van der Waals surface area contributed by atoms with Crippen LogP contribution in [-0.2, 0) is 14.3 Å². The molecule has 0 aromatic carbocycles. The Morgan fingerprint density at radius 2 is 1.83 bits per heavy atom. The maximum absolute atomic E-state index is 11.9. The molecule has 0 aromatic rings. The molecule has 0 saturated carbocycles. The highest BCUT2D eigenvalue weighted by molar-refractivity contribution is 5.83. The number of amides is 3. The van der Waals surface area contributed by atoms with Gasteiger partial charge in [-0.15, -0.1) is 0 Å². The summed E-state index contributed by atoms with van der Waals surface area (Å²) in [6.45, 7) is 5.54. The van der Waals surface area contributed by atoms with Gasteiger partial charge in [-0.1, -0.05) is 5.11 Å². The molecule has 0 aliphatic rings. The molecule has 0 aliphatic heterocycles. The van der Waals surface area contributed by atoms with Crippen LogP contribution >= 0.6 is 0 Å². The van der Waals surface area contributed by atoms with E-state index in [1.54, 1.807) is 20.8 Å². The maximum Gasteiger partial charge on any atom is 0.407 e. The lowest BCUT2D eigenvalue weighted by Gasteiger charge is -2.19. The second-order valence-corrected chi connectivity index (χ2v) is 5.65. The first-order chi connectivity index (χ1) is 10.7. The molecule has 10 nitrogen and oxygen atoms in total. The van der Waals surface area contributed by atoms with Crippen molar-refractivity contribution < 1.29 is 19.1 Å². The van der Waals surface area contributed by atoms with Gasteiger partial charge in [0, 0.05) is 31.5 Å². The zero-order valence-corrected chi connectivity index (χ0v) is 13.9. The normalized spacial score (nSPS) is 11.7. The maximum atomic E-state index is 11.9.